The first-order valence-corrected chi connectivity index (χ1v) is 6.35. The van der Waals surface area contributed by atoms with Crippen LogP contribution in [0.15, 0.2) is 23.8 Å². The van der Waals surface area contributed by atoms with E-state index in [1.807, 2.05) is 13.0 Å². The summed E-state index contributed by atoms with van der Waals surface area (Å²) >= 11 is 0. The van der Waals surface area contributed by atoms with E-state index in [4.69, 9.17) is 0 Å². The Morgan fingerprint density at radius 1 is 1.35 bits per heavy atom. The van der Waals surface area contributed by atoms with E-state index in [0.29, 0.717) is 5.78 Å². The largest absolute Gasteiger partial charge is 0.314 e. The van der Waals surface area contributed by atoms with Crippen molar-refractivity contribution in [2.75, 3.05) is 13.1 Å². The van der Waals surface area contributed by atoms with E-state index < -0.39 is 0 Å². The molecule has 0 saturated carbocycles. The molecule has 1 aliphatic rings. The predicted molar refractivity (Wildman–Crippen MR) is 75.1 cm³/mol. The van der Waals surface area contributed by atoms with Gasteiger partial charge in [-0.3, -0.25) is 4.79 Å². The van der Waals surface area contributed by atoms with Crippen LogP contribution in [-0.2, 0) is 4.79 Å². The maximum absolute atomic E-state index is 11.4. The van der Waals surface area contributed by atoms with E-state index in [0.717, 1.165) is 31.5 Å². The quantitative estimate of drug-likeness (QED) is 0.601. The van der Waals surface area contributed by atoms with E-state index in [1.165, 1.54) is 5.57 Å². The molecule has 0 unspecified atom stereocenters. The molecule has 0 radical (unpaired) electrons. The predicted octanol–water partition coefficient (Wildman–Crippen LogP) is 3.49. The van der Waals surface area contributed by atoms with Gasteiger partial charge in [0.15, 0.2) is 5.78 Å². The van der Waals surface area contributed by atoms with Gasteiger partial charge >= 0.3 is 0 Å². The first-order valence-electron chi connectivity index (χ1n) is 6.35. The molecule has 0 heterocycles. The van der Waals surface area contributed by atoms with Gasteiger partial charge in [-0.2, -0.15) is 0 Å². The second kappa shape index (κ2) is 7.44. The Morgan fingerprint density at radius 2 is 1.94 bits per heavy atom. The second-order valence-corrected chi connectivity index (χ2v) is 5.44. The maximum atomic E-state index is 11.4. The van der Waals surface area contributed by atoms with Crippen molar-refractivity contribution in [3.05, 3.63) is 23.8 Å². The third-order valence-corrected chi connectivity index (χ3v) is 2.98. The number of carbonyl (C=O) groups excluding carboxylic acids is 1. The van der Waals surface area contributed by atoms with Gasteiger partial charge in [0.05, 0.1) is 0 Å². The molecular formula is C15H27NO. The Hall–Kier alpha value is -0.890. The van der Waals surface area contributed by atoms with Crippen LogP contribution in [0.3, 0.4) is 0 Å². The molecule has 2 heteroatoms. The monoisotopic (exact) mass is 237 g/mol. The zero-order valence-corrected chi connectivity index (χ0v) is 12.0. The molecule has 0 aromatic carbocycles. The Labute approximate surface area is 106 Å². The molecule has 98 valence electrons. The molecule has 0 aliphatic heterocycles. The fourth-order valence-electron chi connectivity index (χ4n) is 1.96. The van der Waals surface area contributed by atoms with Gasteiger partial charge in [0.25, 0.3) is 0 Å². The van der Waals surface area contributed by atoms with Crippen molar-refractivity contribution in [3.8, 4) is 0 Å². The van der Waals surface area contributed by atoms with Gasteiger partial charge in [-0.25, -0.2) is 0 Å². The number of allylic oxidation sites excluding steroid dienone is 2. The number of hydrogen-bond acceptors (Lipinski definition) is 2. The normalized spacial score (nSPS) is 18.5. The molecule has 0 fully saturated rings. The van der Waals surface area contributed by atoms with Crippen LogP contribution in [0.2, 0.25) is 0 Å². The minimum atomic E-state index is 0.195. The number of rotatable bonds is 3. The highest BCUT2D eigenvalue weighted by Gasteiger charge is 2.28. The molecular weight excluding hydrogens is 210 g/mol. The Morgan fingerprint density at radius 3 is 2.29 bits per heavy atom. The van der Waals surface area contributed by atoms with Gasteiger partial charge in [-0.05, 0) is 37.8 Å². The fourth-order valence-corrected chi connectivity index (χ4v) is 1.96. The second-order valence-electron chi connectivity index (χ2n) is 5.44. The Balaban J connectivity index is 0.000000366. The summed E-state index contributed by atoms with van der Waals surface area (Å²) < 4.78 is 0. The summed E-state index contributed by atoms with van der Waals surface area (Å²) in [5.74, 6) is 0.332. The summed E-state index contributed by atoms with van der Waals surface area (Å²) in [5.41, 5.74) is 2.45. The van der Waals surface area contributed by atoms with Gasteiger partial charge in [0.1, 0.15) is 0 Å². The SMILES string of the molecule is C=CCNCC.CC1=C(C)C(=O)CC(C)(C)C1. The molecule has 17 heavy (non-hydrogen) atoms. The lowest BCUT2D eigenvalue weighted by atomic mass is 9.74. The van der Waals surface area contributed by atoms with Crippen molar-refractivity contribution in [3.63, 3.8) is 0 Å². The van der Waals surface area contributed by atoms with E-state index >= 15 is 0 Å². The van der Waals surface area contributed by atoms with Crippen LogP contribution in [0.1, 0.15) is 47.5 Å². The van der Waals surface area contributed by atoms with Gasteiger partial charge in [0, 0.05) is 13.0 Å². The molecule has 0 aromatic rings. The zero-order valence-electron chi connectivity index (χ0n) is 12.0. The topological polar surface area (TPSA) is 29.1 Å². The smallest absolute Gasteiger partial charge is 0.159 e. The number of hydrogen-bond donors (Lipinski definition) is 1. The van der Waals surface area contributed by atoms with E-state index in [-0.39, 0.29) is 5.41 Å². The highest BCUT2D eigenvalue weighted by Crippen LogP contribution is 2.36. The van der Waals surface area contributed by atoms with Gasteiger partial charge in [-0.15, -0.1) is 6.58 Å². The van der Waals surface area contributed by atoms with E-state index in [2.05, 4.69) is 39.6 Å². The molecule has 0 atom stereocenters. The standard InChI is InChI=1S/C10H16O.C5H11N/c1-7-5-10(3,4)6-9(11)8(7)2;1-3-5-6-4-2/h5-6H2,1-4H3;3,6H,1,4-5H2,2H3. The number of Topliss-reactive ketones (excluding diaryl/α,β-unsaturated/α-hetero) is 1. The number of carbonyl (C=O) groups is 1. The van der Waals surface area contributed by atoms with Gasteiger partial charge < -0.3 is 5.32 Å². The molecule has 0 aromatic heterocycles. The van der Waals surface area contributed by atoms with Crippen LogP contribution in [0.5, 0.6) is 0 Å². The molecule has 0 saturated heterocycles. The molecule has 0 spiro atoms. The van der Waals surface area contributed by atoms with E-state index in [9.17, 15) is 4.79 Å². The van der Waals surface area contributed by atoms with Crippen molar-refractivity contribution in [2.45, 2.75) is 47.5 Å². The number of likely N-dealkylation sites (N-methyl/N-ethyl adjacent to an activating group) is 1. The minimum Gasteiger partial charge on any atom is -0.314 e. The summed E-state index contributed by atoms with van der Waals surface area (Å²) in [6, 6.07) is 0. The Kier molecular flexibility index (Phi) is 7.05. The average molecular weight is 237 g/mol. The van der Waals surface area contributed by atoms with Crippen molar-refractivity contribution in [1.29, 1.82) is 0 Å². The molecule has 0 bridgehead atoms. The van der Waals surface area contributed by atoms with Crippen LogP contribution in [0.25, 0.3) is 0 Å². The molecule has 1 N–H and O–H groups in total. The molecule has 1 aliphatic carbocycles. The summed E-state index contributed by atoms with van der Waals surface area (Å²) in [7, 11) is 0. The summed E-state index contributed by atoms with van der Waals surface area (Å²) in [4.78, 5) is 11.4. The van der Waals surface area contributed by atoms with Crippen molar-refractivity contribution >= 4 is 5.78 Å². The molecule has 1 rings (SSSR count). The lowest BCUT2D eigenvalue weighted by Gasteiger charge is -2.29. The highest BCUT2D eigenvalue weighted by atomic mass is 16.1. The summed E-state index contributed by atoms with van der Waals surface area (Å²) in [5, 5.41) is 3.08. The van der Waals surface area contributed by atoms with Crippen molar-refractivity contribution in [1.82, 2.24) is 5.32 Å². The Bertz CT molecular complexity index is 300. The summed E-state index contributed by atoms with van der Waals surface area (Å²) in [6.07, 6.45) is 3.64. The minimum absolute atomic E-state index is 0.195. The maximum Gasteiger partial charge on any atom is 0.159 e. The molecule has 0 amide bonds. The first-order chi connectivity index (χ1) is 7.84. The van der Waals surface area contributed by atoms with Crippen LogP contribution in [-0.4, -0.2) is 18.9 Å². The third kappa shape index (κ3) is 6.42. The van der Waals surface area contributed by atoms with Gasteiger partial charge in [-0.1, -0.05) is 32.4 Å². The first kappa shape index (κ1) is 16.1. The number of nitrogens with one attached hydrogen (secondary N) is 1. The third-order valence-electron chi connectivity index (χ3n) is 2.98. The van der Waals surface area contributed by atoms with Crippen molar-refractivity contribution < 1.29 is 4.79 Å². The fraction of sp³-hybridized carbons (Fsp3) is 0.667. The van der Waals surface area contributed by atoms with Crippen LogP contribution < -0.4 is 5.32 Å². The zero-order chi connectivity index (χ0) is 13.5. The highest BCUT2D eigenvalue weighted by molar-refractivity contribution is 5.96. The van der Waals surface area contributed by atoms with Crippen LogP contribution in [0, 0.1) is 5.41 Å². The van der Waals surface area contributed by atoms with Crippen LogP contribution >= 0.6 is 0 Å². The molecule has 2 nitrogen and oxygen atoms in total. The van der Waals surface area contributed by atoms with Gasteiger partial charge in [0.2, 0.25) is 0 Å². The van der Waals surface area contributed by atoms with Crippen molar-refractivity contribution in [2.24, 2.45) is 5.41 Å². The lowest BCUT2D eigenvalue weighted by molar-refractivity contribution is -0.118. The lowest BCUT2D eigenvalue weighted by Crippen LogP contribution is -2.23. The van der Waals surface area contributed by atoms with Crippen LogP contribution in [0.4, 0.5) is 0 Å². The van der Waals surface area contributed by atoms with E-state index in [1.54, 1.807) is 0 Å². The summed E-state index contributed by atoms with van der Waals surface area (Å²) in [6.45, 7) is 15.9. The number of ketones is 1. The average Bonchev–Trinajstić information content (AvgIpc) is 2.23.